The maximum absolute atomic E-state index is 12.7. The summed E-state index contributed by atoms with van der Waals surface area (Å²) in [6, 6.07) is 10.1. The lowest BCUT2D eigenvalue weighted by Crippen LogP contribution is -2.14. The number of sulfonamides is 1. The lowest BCUT2D eigenvalue weighted by molar-refractivity contribution is 0.416. The minimum atomic E-state index is -3.87. The number of hydrogen-bond acceptors (Lipinski definition) is 7. The minimum absolute atomic E-state index is 0.00366. The molecule has 0 aliphatic rings. The Morgan fingerprint density at radius 3 is 2.53 bits per heavy atom. The van der Waals surface area contributed by atoms with Gasteiger partial charge in [0, 0.05) is 27.8 Å². The monoisotopic (exact) mass is 485 g/mol. The summed E-state index contributed by atoms with van der Waals surface area (Å²) in [6.07, 6.45) is 4.31. The van der Waals surface area contributed by atoms with Crippen molar-refractivity contribution in [1.29, 1.82) is 0 Å². The van der Waals surface area contributed by atoms with Gasteiger partial charge in [-0.3, -0.25) is 0 Å². The zero-order valence-corrected chi connectivity index (χ0v) is 18.4. The average molecular weight is 486 g/mol. The van der Waals surface area contributed by atoms with E-state index in [1.54, 1.807) is 19.2 Å². The van der Waals surface area contributed by atoms with Gasteiger partial charge >= 0.3 is 0 Å². The number of aromatic nitrogens is 4. The van der Waals surface area contributed by atoms with Gasteiger partial charge in [0.1, 0.15) is 12.1 Å². The molecule has 0 atom stereocenters. The molecule has 0 amide bonds. The first-order valence-corrected chi connectivity index (χ1v) is 11.1. The number of nitrogens with zero attached hydrogens (tertiary/aromatic N) is 4. The Balaban J connectivity index is 1.81. The van der Waals surface area contributed by atoms with Crippen molar-refractivity contribution < 1.29 is 13.2 Å². The molecule has 0 bridgehead atoms. The molecule has 0 saturated heterocycles. The van der Waals surface area contributed by atoms with Gasteiger partial charge in [-0.05, 0) is 48.9 Å². The van der Waals surface area contributed by atoms with Crippen LogP contribution < -0.4 is 9.46 Å². The second-order valence-electron chi connectivity index (χ2n) is 6.38. The molecular weight excluding hydrogens is 470 g/mol. The van der Waals surface area contributed by atoms with Gasteiger partial charge in [0.15, 0.2) is 0 Å². The highest BCUT2D eigenvalue weighted by Gasteiger charge is 2.19. The van der Waals surface area contributed by atoms with Crippen LogP contribution in [0.2, 0.25) is 0 Å². The topological polar surface area (TPSA) is 107 Å². The molecule has 1 N–H and O–H groups in total. The number of halogens is 1. The summed E-state index contributed by atoms with van der Waals surface area (Å²) >= 11 is 3.51. The molecule has 2 aromatic heterocycles. The van der Waals surface area contributed by atoms with Crippen LogP contribution in [-0.4, -0.2) is 35.5 Å². The van der Waals surface area contributed by atoms with Gasteiger partial charge in [0.05, 0.1) is 23.2 Å². The van der Waals surface area contributed by atoms with Crippen LogP contribution in [0.5, 0.6) is 5.75 Å². The van der Waals surface area contributed by atoms with E-state index in [4.69, 9.17) is 4.74 Å². The minimum Gasteiger partial charge on any atom is -0.496 e. The Hall–Kier alpha value is -3.11. The quantitative estimate of drug-likeness (QED) is 0.455. The average Bonchev–Trinajstić information content (AvgIpc) is 2.75. The highest BCUT2D eigenvalue weighted by atomic mass is 79.9. The molecule has 0 fully saturated rings. The molecule has 8 nitrogen and oxygen atoms in total. The summed E-state index contributed by atoms with van der Waals surface area (Å²) in [7, 11) is -2.28. The van der Waals surface area contributed by atoms with E-state index in [1.807, 2.05) is 19.1 Å². The fraction of sp³-hybridized carbons (Fsp3) is 0.100. The van der Waals surface area contributed by atoms with Crippen LogP contribution >= 0.6 is 15.9 Å². The van der Waals surface area contributed by atoms with Crippen molar-refractivity contribution in [2.75, 3.05) is 11.8 Å². The fourth-order valence-electron chi connectivity index (χ4n) is 2.97. The highest BCUT2D eigenvalue weighted by Crippen LogP contribution is 2.37. The van der Waals surface area contributed by atoms with Crippen molar-refractivity contribution in [3.63, 3.8) is 0 Å². The molecule has 2 aromatic carbocycles. The molecule has 0 unspecified atom stereocenters. The summed E-state index contributed by atoms with van der Waals surface area (Å²) in [5.74, 6) is 0.642. The summed E-state index contributed by atoms with van der Waals surface area (Å²) in [6.45, 7) is 1.97. The zero-order valence-electron chi connectivity index (χ0n) is 16.0. The van der Waals surface area contributed by atoms with Gasteiger partial charge in [-0.25, -0.2) is 33.1 Å². The zero-order chi connectivity index (χ0) is 21.3. The smallest absolute Gasteiger partial charge is 0.264 e. The molecule has 2 heterocycles. The molecule has 4 rings (SSSR count). The summed E-state index contributed by atoms with van der Waals surface area (Å²) in [5.41, 5.74) is 2.94. The van der Waals surface area contributed by atoms with Gasteiger partial charge in [-0.1, -0.05) is 15.9 Å². The molecule has 0 aliphatic carbocycles. The Morgan fingerprint density at radius 1 is 1.03 bits per heavy atom. The van der Waals surface area contributed by atoms with Crippen LogP contribution in [0, 0.1) is 6.92 Å². The van der Waals surface area contributed by atoms with Gasteiger partial charge < -0.3 is 4.74 Å². The number of benzene rings is 2. The van der Waals surface area contributed by atoms with Crippen molar-refractivity contribution >= 4 is 42.8 Å². The molecule has 0 aliphatic heterocycles. The van der Waals surface area contributed by atoms with E-state index in [9.17, 15) is 8.42 Å². The van der Waals surface area contributed by atoms with Crippen LogP contribution in [0.15, 0.2) is 64.5 Å². The molecule has 30 heavy (non-hydrogen) atoms. The number of aryl methyl sites for hydroxylation is 1. The van der Waals surface area contributed by atoms with Crippen LogP contribution in [-0.2, 0) is 10.0 Å². The molecule has 0 spiro atoms. The third-order valence-electron chi connectivity index (χ3n) is 4.45. The maximum Gasteiger partial charge on any atom is 0.264 e. The van der Waals surface area contributed by atoms with E-state index in [1.165, 1.54) is 30.9 Å². The van der Waals surface area contributed by atoms with Crippen molar-refractivity contribution in [1.82, 2.24) is 19.9 Å². The van der Waals surface area contributed by atoms with Gasteiger partial charge in [0.25, 0.3) is 10.0 Å². The largest absolute Gasteiger partial charge is 0.496 e. The molecular formula is C20H16BrN5O3S. The van der Waals surface area contributed by atoms with Crippen molar-refractivity contribution in [2.45, 2.75) is 11.8 Å². The molecule has 152 valence electrons. The van der Waals surface area contributed by atoms with Crippen LogP contribution in [0.4, 0.5) is 5.95 Å². The second kappa shape index (κ2) is 7.96. The third kappa shape index (κ3) is 3.83. The van der Waals surface area contributed by atoms with E-state index < -0.39 is 10.0 Å². The number of fused-ring (bicyclic) bond motifs is 1. The number of ether oxygens (including phenoxy) is 1. The SMILES string of the molecule is COc1cc(Br)c(C)cc1-c1ncnc2cc(S(=O)(=O)Nc3ncccn3)ccc12. The first kappa shape index (κ1) is 20.2. The van der Waals surface area contributed by atoms with Crippen LogP contribution in [0.25, 0.3) is 22.2 Å². The molecule has 0 saturated carbocycles. The highest BCUT2D eigenvalue weighted by molar-refractivity contribution is 9.10. The predicted octanol–water partition coefficient (Wildman–Crippen LogP) is 3.97. The number of anilines is 1. The first-order valence-electron chi connectivity index (χ1n) is 8.78. The number of nitrogens with one attached hydrogen (secondary N) is 1. The number of rotatable bonds is 5. The van der Waals surface area contributed by atoms with E-state index in [0.29, 0.717) is 22.3 Å². The molecule has 4 aromatic rings. The number of hydrogen-bond donors (Lipinski definition) is 1. The maximum atomic E-state index is 12.7. The van der Waals surface area contributed by atoms with E-state index in [2.05, 4.69) is 40.6 Å². The van der Waals surface area contributed by atoms with Crippen LogP contribution in [0.3, 0.4) is 0 Å². The Kier molecular flexibility index (Phi) is 5.35. The lowest BCUT2D eigenvalue weighted by atomic mass is 10.0. The predicted molar refractivity (Wildman–Crippen MR) is 117 cm³/mol. The van der Waals surface area contributed by atoms with E-state index in [0.717, 1.165) is 15.6 Å². The first-order chi connectivity index (χ1) is 14.4. The molecule has 0 radical (unpaired) electrons. The Morgan fingerprint density at radius 2 is 1.80 bits per heavy atom. The summed E-state index contributed by atoms with van der Waals surface area (Å²) in [4.78, 5) is 16.5. The van der Waals surface area contributed by atoms with Gasteiger partial charge in [0.2, 0.25) is 5.95 Å². The lowest BCUT2D eigenvalue weighted by Gasteiger charge is -2.13. The molecule has 10 heteroatoms. The second-order valence-corrected chi connectivity index (χ2v) is 8.92. The third-order valence-corrected chi connectivity index (χ3v) is 6.63. The van der Waals surface area contributed by atoms with Gasteiger partial charge in [-0.2, -0.15) is 0 Å². The number of methoxy groups -OCH3 is 1. The van der Waals surface area contributed by atoms with Crippen molar-refractivity contribution in [2.24, 2.45) is 0 Å². The summed E-state index contributed by atoms with van der Waals surface area (Å²) in [5, 5.41) is 0.701. The standard InChI is InChI=1S/C20H16BrN5O3S/c1-12-8-15(18(29-2)10-16(12)21)19-14-5-4-13(9-17(14)24-11-25-19)30(27,28)26-20-22-6-3-7-23-20/h3-11H,1-2H3,(H,22,23,26). The summed E-state index contributed by atoms with van der Waals surface area (Å²) < 4.78 is 34.2. The Bertz CT molecular complexity index is 1350. The fourth-order valence-corrected chi connectivity index (χ4v) is 4.27. The normalized spacial score (nSPS) is 11.4. The van der Waals surface area contributed by atoms with Crippen molar-refractivity contribution in [3.05, 3.63) is 65.2 Å². The van der Waals surface area contributed by atoms with E-state index >= 15 is 0 Å². The van der Waals surface area contributed by atoms with Gasteiger partial charge in [-0.15, -0.1) is 0 Å². The Labute approximate surface area is 181 Å². The van der Waals surface area contributed by atoms with Crippen LogP contribution in [0.1, 0.15) is 5.56 Å². The van der Waals surface area contributed by atoms with E-state index in [-0.39, 0.29) is 10.8 Å². The van der Waals surface area contributed by atoms with Crippen molar-refractivity contribution in [3.8, 4) is 17.0 Å².